The van der Waals surface area contributed by atoms with Gasteiger partial charge in [-0.15, -0.1) is 10.2 Å². The minimum absolute atomic E-state index is 0.0135. The van der Waals surface area contributed by atoms with Gasteiger partial charge in [0, 0.05) is 21.3 Å². The molecule has 1 heterocycles. The monoisotopic (exact) mass is 448 g/mol. The fraction of sp³-hybridized carbons (Fsp3) is 0.286. The number of Topliss-reactive ketones (excluding diaryl/α,β-unsaturated/α-hetero) is 1. The minimum Gasteiger partial charge on any atom is -0.300 e. The average molecular weight is 449 g/mol. The number of carbonyl (C=O) groups excluding carboxylic acids is 1. The highest BCUT2D eigenvalue weighted by atomic mass is 35.5. The van der Waals surface area contributed by atoms with Crippen LogP contribution in [0.15, 0.2) is 53.7 Å². The summed E-state index contributed by atoms with van der Waals surface area (Å²) in [4.78, 5) is 14.9. The van der Waals surface area contributed by atoms with Crippen molar-refractivity contribution in [2.45, 2.75) is 30.3 Å². The van der Waals surface area contributed by atoms with Gasteiger partial charge in [-0.3, -0.25) is 14.3 Å². The van der Waals surface area contributed by atoms with E-state index < -0.39 is 0 Å². The van der Waals surface area contributed by atoms with Crippen molar-refractivity contribution in [1.29, 1.82) is 0 Å². The first-order chi connectivity index (χ1) is 13.8. The molecule has 0 N–H and O–H groups in total. The standard InChI is InChI=1S/C21H22Cl2N4OS/c1-13(26(3)4)20-24-25-21(27(20)18-11-9-17(23)10-12-18)29-14(2)19(28)15-5-7-16(22)8-6-15/h5-14H,1-4H3. The van der Waals surface area contributed by atoms with E-state index >= 15 is 0 Å². The molecule has 152 valence electrons. The number of carbonyl (C=O) groups is 1. The Hall–Kier alpha value is -1.86. The Kier molecular flexibility index (Phi) is 7.01. The SMILES string of the molecule is CC(Sc1nnc(C(C)N(C)C)n1-c1ccc(Cl)cc1)C(=O)c1ccc(Cl)cc1. The normalized spacial score (nSPS) is 13.5. The van der Waals surface area contributed by atoms with Crippen LogP contribution in [-0.2, 0) is 0 Å². The number of rotatable bonds is 7. The molecule has 0 amide bonds. The number of halogens is 2. The molecule has 3 aromatic rings. The molecule has 0 aliphatic carbocycles. The van der Waals surface area contributed by atoms with Crippen LogP contribution in [0.5, 0.6) is 0 Å². The van der Waals surface area contributed by atoms with E-state index in [1.165, 1.54) is 11.8 Å². The minimum atomic E-state index is -0.339. The van der Waals surface area contributed by atoms with Gasteiger partial charge in [0.15, 0.2) is 16.8 Å². The van der Waals surface area contributed by atoms with E-state index in [2.05, 4.69) is 22.0 Å². The van der Waals surface area contributed by atoms with Gasteiger partial charge in [0.05, 0.1) is 11.3 Å². The summed E-state index contributed by atoms with van der Waals surface area (Å²) >= 11 is 13.4. The Labute approximate surface area is 185 Å². The summed E-state index contributed by atoms with van der Waals surface area (Å²) in [5.41, 5.74) is 1.52. The van der Waals surface area contributed by atoms with Gasteiger partial charge in [-0.05, 0) is 76.5 Å². The van der Waals surface area contributed by atoms with Crippen molar-refractivity contribution in [2.24, 2.45) is 0 Å². The predicted octanol–water partition coefficient (Wildman–Crippen LogP) is 5.56. The van der Waals surface area contributed by atoms with Gasteiger partial charge in [0.1, 0.15) is 0 Å². The topological polar surface area (TPSA) is 51.0 Å². The van der Waals surface area contributed by atoms with Crippen LogP contribution in [0.25, 0.3) is 5.69 Å². The summed E-state index contributed by atoms with van der Waals surface area (Å²) in [6.45, 7) is 3.94. The fourth-order valence-corrected chi connectivity index (χ4v) is 3.96. The summed E-state index contributed by atoms with van der Waals surface area (Å²) in [5, 5.41) is 10.4. The van der Waals surface area contributed by atoms with Gasteiger partial charge in [-0.1, -0.05) is 35.0 Å². The first-order valence-electron chi connectivity index (χ1n) is 9.12. The third-order valence-corrected chi connectivity index (χ3v) is 6.22. The van der Waals surface area contributed by atoms with E-state index in [4.69, 9.17) is 23.2 Å². The number of hydrogen-bond donors (Lipinski definition) is 0. The van der Waals surface area contributed by atoms with Crippen LogP contribution in [0.2, 0.25) is 10.0 Å². The number of aromatic nitrogens is 3. The quantitative estimate of drug-likeness (QED) is 0.349. The van der Waals surface area contributed by atoms with Crippen molar-refractivity contribution in [2.75, 3.05) is 14.1 Å². The lowest BCUT2D eigenvalue weighted by Gasteiger charge is -2.21. The van der Waals surface area contributed by atoms with Crippen molar-refractivity contribution in [3.8, 4) is 5.69 Å². The van der Waals surface area contributed by atoms with Gasteiger partial charge in [0.2, 0.25) is 0 Å². The fourth-order valence-electron chi connectivity index (χ4n) is 2.75. The van der Waals surface area contributed by atoms with Gasteiger partial charge in [-0.25, -0.2) is 0 Å². The van der Waals surface area contributed by atoms with Crippen LogP contribution in [0.4, 0.5) is 0 Å². The second kappa shape index (κ2) is 9.30. The molecular weight excluding hydrogens is 427 g/mol. The summed E-state index contributed by atoms with van der Waals surface area (Å²) in [7, 11) is 3.98. The van der Waals surface area contributed by atoms with E-state index in [1.807, 2.05) is 49.9 Å². The van der Waals surface area contributed by atoms with Gasteiger partial charge in [0.25, 0.3) is 0 Å². The smallest absolute Gasteiger partial charge is 0.196 e. The Morgan fingerprint density at radius 3 is 2.07 bits per heavy atom. The second-order valence-electron chi connectivity index (χ2n) is 6.92. The largest absolute Gasteiger partial charge is 0.300 e. The third-order valence-electron chi connectivity index (χ3n) is 4.67. The molecule has 2 atom stereocenters. The van der Waals surface area contributed by atoms with E-state index in [0.29, 0.717) is 20.8 Å². The molecule has 0 bridgehead atoms. The molecule has 3 rings (SSSR count). The van der Waals surface area contributed by atoms with Crippen LogP contribution in [-0.4, -0.2) is 44.8 Å². The lowest BCUT2D eigenvalue weighted by Crippen LogP contribution is -2.21. The number of thioether (sulfide) groups is 1. The van der Waals surface area contributed by atoms with Crippen LogP contribution in [0.1, 0.15) is 36.1 Å². The Morgan fingerprint density at radius 2 is 1.52 bits per heavy atom. The number of nitrogens with zero attached hydrogens (tertiary/aromatic N) is 4. The van der Waals surface area contributed by atoms with E-state index in [0.717, 1.165) is 11.5 Å². The van der Waals surface area contributed by atoms with Crippen molar-refractivity contribution in [3.05, 3.63) is 70.0 Å². The summed E-state index contributed by atoms with van der Waals surface area (Å²) in [6.07, 6.45) is 0. The van der Waals surface area contributed by atoms with Crippen molar-refractivity contribution >= 4 is 40.7 Å². The number of benzene rings is 2. The van der Waals surface area contributed by atoms with Gasteiger partial charge >= 0.3 is 0 Å². The maximum absolute atomic E-state index is 12.9. The van der Waals surface area contributed by atoms with Gasteiger partial charge in [-0.2, -0.15) is 0 Å². The highest BCUT2D eigenvalue weighted by molar-refractivity contribution is 8.00. The van der Waals surface area contributed by atoms with E-state index in [-0.39, 0.29) is 17.1 Å². The second-order valence-corrected chi connectivity index (χ2v) is 9.10. The number of hydrogen-bond acceptors (Lipinski definition) is 5. The predicted molar refractivity (Wildman–Crippen MR) is 120 cm³/mol. The van der Waals surface area contributed by atoms with Crippen molar-refractivity contribution < 1.29 is 4.79 Å². The van der Waals surface area contributed by atoms with Crippen LogP contribution in [0.3, 0.4) is 0 Å². The highest BCUT2D eigenvalue weighted by Gasteiger charge is 2.24. The zero-order chi connectivity index (χ0) is 21.1. The lowest BCUT2D eigenvalue weighted by molar-refractivity contribution is 0.0994. The van der Waals surface area contributed by atoms with E-state index in [9.17, 15) is 4.79 Å². The Bertz CT molecular complexity index is 987. The zero-order valence-electron chi connectivity index (χ0n) is 16.6. The first-order valence-corrected chi connectivity index (χ1v) is 10.8. The first kappa shape index (κ1) is 21.8. The van der Waals surface area contributed by atoms with Gasteiger partial charge < -0.3 is 0 Å². The molecule has 0 saturated heterocycles. The molecule has 2 unspecified atom stereocenters. The Morgan fingerprint density at radius 1 is 0.966 bits per heavy atom. The molecule has 0 saturated carbocycles. The molecule has 0 aliphatic rings. The maximum atomic E-state index is 12.9. The summed E-state index contributed by atoms with van der Waals surface area (Å²) in [5.74, 6) is 0.811. The van der Waals surface area contributed by atoms with E-state index in [1.54, 1.807) is 24.3 Å². The number of ketones is 1. The van der Waals surface area contributed by atoms with Crippen LogP contribution in [0, 0.1) is 0 Å². The molecule has 8 heteroatoms. The molecule has 2 aromatic carbocycles. The van der Waals surface area contributed by atoms with Crippen LogP contribution < -0.4 is 0 Å². The molecule has 5 nitrogen and oxygen atoms in total. The molecule has 29 heavy (non-hydrogen) atoms. The highest BCUT2D eigenvalue weighted by Crippen LogP contribution is 2.31. The molecular formula is C21H22Cl2N4OS. The average Bonchev–Trinajstić information content (AvgIpc) is 3.11. The van der Waals surface area contributed by atoms with Crippen molar-refractivity contribution in [1.82, 2.24) is 19.7 Å². The lowest BCUT2D eigenvalue weighted by atomic mass is 10.1. The molecule has 1 aromatic heterocycles. The molecule has 0 radical (unpaired) electrons. The summed E-state index contributed by atoms with van der Waals surface area (Å²) in [6, 6.07) is 14.5. The Balaban J connectivity index is 1.95. The molecule has 0 spiro atoms. The zero-order valence-corrected chi connectivity index (χ0v) is 19.0. The maximum Gasteiger partial charge on any atom is 0.196 e. The van der Waals surface area contributed by atoms with Crippen molar-refractivity contribution in [3.63, 3.8) is 0 Å². The third kappa shape index (κ3) is 5.01. The summed E-state index contributed by atoms with van der Waals surface area (Å²) < 4.78 is 1.98. The molecule has 0 aliphatic heterocycles. The van der Waals surface area contributed by atoms with Crippen LogP contribution >= 0.6 is 35.0 Å². The molecule has 0 fully saturated rings.